The normalized spacial score (nSPS) is 14.7. The number of carbonyl (C=O) groups excluding carboxylic acids is 2. The summed E-state index contributed by atoms with van der Waals surface area (Å²) >= 11 is 0. The summed E-state index contributed by atoms with van der Waals surface area (Å²) < 4.78 is 5.31. The van der Waals surface area contributed by atoms with Gasteiger partial charge in [-0.1, -0.05) is 12.1 Å². The van der Waals surface area contributed by atoms with Crippen molar-refractivity contribution < 1.29 is 14.3 Å². The Bertz CT molecular complexity index is 775. The number of aromatic nitrogens is 3. The van der Waals surface area contributed by atoms with Crippen LogP contribution in [-0.4, -0.2) is 58.6 Å². The molecular weight excluding hydrogens is 324 g/mol. The molecule has 9 heteroatoms. The Labute approximate surface area is 144 Å². The Kier molecular flexibility index (Phi) is 4.82. The second-order valence-corrected chi connectivity index (χ2v) is 5.67. The molecule has 0 atom stereocenters. The maximum absolute atomic E-state index is 12.5. The number of benzene rings is 1. The molecule has 3 rings (SSSR count). The fraction of sp³-hybridized carbons (Fsp3) is 0.375. The van der Waals surface area contributed by atoms with Crippen LogP contribution in [0.15, 0.2) is 24.3 Å². The molecule has 1 aromatic carbocycles. The number of hydrogen-bond acceptors (Lipinski definition) is 6. The van der Waals surface area contributed by atoms with E-state index in [1.54, 1.807) is 16.9 Å². The molecule has 2 heterocycles. The van der Waals surface area contributed by atoms with Gasteiger partial charge in [-0.2, -0.15) is 4.98 Å². The van der Waals surface area contributed by atoms with Gasteiger partial charge in [-0.15, -0.1) is 5.10 Å². The predicted octanol–water partition coefficient (Wildman–Crippen LogP) is 0.203. The zero-order valence-electron chi connectivity index (χ0n) is 13.9. The predicted molar refractivity (Wildman–Crippen MR) is 91.0 cm³/mol. The molecule has 2 amide bonds. The molecule has 0 bridgehead atoms. The number of rotatable bonds is 5. The summed E-state index contributed by atoms with van der Waals surface area (Å²) in [6.45, 7) is 0.955. The Morgan fingerprint density at radius 2 is 2.16 bits per heavy atom. The minimum absolute atomic E-state index is 0.0510. The molecule has 1 fully saturated rings. The van der Waals surface area contributed by atoms with Gasteiger partial charge in [0.1, 0.15) is 18.1 Å². The lowest BCUT2D eigenvalue weighted by molar-refractivity contribution is -0.136. The van der Waals surface area contributed by atoms with Crippen molar-refractivity contribution in [3.8, 4) is 5.75 Å². The van der Waals surface area contributed by atoms with E-state index in [4.69, 9.17) is 10.5 Å². The number of nitrogens with two attached hydrogens (primary N) is 1. The van der Waals surface area contributed by atoms with Crippen molar-refractivity contribution in [3.05, 3.63) is 30.1 Å². The second-order valence-electron chi connectivity index (χ2n) is 5.67. The van der Waals surface area contributed by atoms with Crippen LogP contribution in [0, 0.1) is 0 Å². The molecule has 1 aliphatic heterocycles. The van der Waals surface area contributed by atoms with Gasteiger partial charge >= 0.3 is 0 Å². The molecule has 0 spiro atoms. The van der Waals surface area contributed by atoms with Gasteiger partial charge in [0.15, 0.2) is 0 Å². The van der Waals surface area contributed by atoms with Crippen LogP contribution in [-0.2, 0) is 16.0 Å². The van der Waals surface area contributed by atoms with Crippen LogP contribution in [0.3, 0.4) is 0 Å². The highest BCUT2D eigenvalue weighted by Gasteiger charge is 2.29. The summed E-state index contributed by atoms with van der Waals surface area (Å²) in [5.41, 5.74) is 6.15. The molecule has 1 aliphatic rings. The molecule has 9 nitrogen and oxygen atoms in total. The maximum Gasteiger partial charge on any atom is 0.246 e. The van der Waals surface area contributed by atoms with Crippen molar-refractivity contribution in [2.24, 2.45) is 0 Å². The van der Waals surface area contributed by atoms with E-state index in [1.165, 1.54) is 0 Å². The quantitative estimate of drug-likeness (QED) is 0.800. The van der Waals surface area contributed by atoms with Gasteiger partial charge in [-0.05, 0) is 12.1 Å². The number of anilines is 2. The van der Waals surface area contributed by atoms with Crippen LogP contribution in [0.2, 0.25) is 0 Å². The zero-order chi connectivity index (χ0) is 17.8. The number of methoxy groups -OCH3 is 1. The highest BCUT2D eigenvalue weighted by molar-refractivity contribution is 5.99. The molecule has 0 unspecified atom stereocenters. The molecule has 3 N–H and O–H groups in total. The molecule has 2 aromatic rings. The smallest absolute Gasteiger partial charge is 0.246 e. The van der Waals surface area contributed by atoms with Crippen molar-refractivity contribution >= 4 is 23.5 Å². The van der Waals surface area contributed by atoms with Gasteiger partial charge in [-0.25, -0.2) is 0 Å². The lowest BCUT2D eigenvalue weighted by Crippen LogP contribution is -2.52. The van der Waals surface area contributed by atoms with E-state index in [1.807, 2.05) is 24.3 Å². The van der Waals surface area contributed by atoms with Gasteiger partial charge in [0.25, 0.3) is 0 Å². The number of ether oxygens (including phenoxy) is 1. The fourth-order valence-electron chi connectivity index (χ4n) is 2.80. The highest BCUT2D eigenvalue weighted by atomic mass is 16.5. The Morgan fingerprint density at radius 3 is 2.84 bits per heavy atom. The number of nitrogens with one attached hydrogen (secondary N) is 1. The lowest BCUT2D eigenvalue weighted by atomic mass is 10.2. The van der Waals surface area contributed by atoms with E-state index in [2.05, 4.69) is 15.2 Å². The third kappa shape index (κ3) is 3.70. The number of carbonyl (C=O) groups is 2. The first-order valence-electron chi connectivity index (χ1n) is 7.96. The Balaban J connectivity index is 1.59. The summed E-state index contributed by atoms with van der Waals surface area (Å²) in [6.07, 6.45) is 0.653. The number of aryl methyl sites for hydroxylation is 1. The van der Waals surface area contributed by atoms with E-state index >= 15 is 0 Å². The van der Waals surface area contributed by atoms with E-state index < -0.39 is 0 Å². The van der Waals surface area contributed by atoms with Gasteiger partial charge in [0.05, 0.1) is 12.8 Å². The van der Waals surface area contributed by atoms with E-state index in [0.29, 0.717) is 31.1 Å². The number of piperazine rings is 1. The molecule has 1 aromatic heterocycles. The molecule has 1 saturated heterocycles. The van der Waals surface area contributed by atoms with E-state index in [-0.39, 0.29) is 30.7 Å². The number of hydrogen-bond donors (Lipinski definition) is 2. The average molecular weight is 344 g/mol. The minimum atomic E-state index is -0.131. The number of aromatic amines is 1. The Hall–Kier alpha value is -3.10. The van der Waals surface area contributed by atoms with Crippen molar-refractivity contribution in [2.75, 3.05) is 37.4 Å². The standard InChI is InChI=1S/C16H20N6O3/c1-25-12-5-3-2-4-11(12)22-9-8-21(10-15(22)24)14(23)7-6-13-18-16(17)20-19-13/h2-5H,6-10H2,1H3,(H3,17,18,19,20). The minimum Gasteiger partial charge on any atom is -0.495 e. The number of nitrogen functional groups attached to an aromatic ring is 1. The van der Waals surface area contributed by atoms with Crippen molar-refractivity contribution in [3.63, 3.8) is 0 Å². The number of amides is 2. The van der Waals surface area contributed by atoms with Crippen LogP contribution in [0.4, 0.5) is 11.6 Å². The van der Waals surface area contributed by atoms with Gasteiger partial charge < -0.3 is 20.3 Å². The zero-order valence-corrected chi connectivity index (χ0v) is 13.9. The summed E-state index contributed by atoms with van der Waals surface area (Å²) in [5, 5.41) is 6.39. The largest absolute Gasteiger partial charge is 0.495 e. The third-order valence-electron chi connectivity index (χ3n) is 4.07. The fourth-order valence-corrected chi connectivity index (χ4v) is 2.80. The van der Waals surface area contributed by atoms with Gasteiger partial charge in [0.2, 0.25) is 17.8 Å². The molecule has 0 radical (unpaired) electrons. The maximum atomic E-state index is 12.5. The average Bonchev–Trinajstić information content (AvgIpc) is 3.05. The third-order valence-corrected chi connectivity index (χ3v) is 4.07. The molecule has 0 aliphatic carbocycles. The molecule has 0 saturated carbocycles. The topological polar surface area (TPSA) is 117 Å². The first-order chi connectivity index (χ1) is 12.1. The molecule has 132 valence electrons. The number of nitrogens with zero attached hydrogens (tertiary/aromatic N) is 4. The van der Waals surface area contributed by atoms with Crippen LogP contribution in [0.1, 0.15) is 12.2 Å². The van der Waals surface area contributed by atoms with Crippen molar-refractivity contribution in [2.45, 2.75) is 12.8 Å². The number of para-hydroxylation sites is 2. The lowest BCUT2D eigenvalue weighted by Gasteiger charge is -2.34. The monoisotopic (exact) mass is 344 g/mol. The highest BCUT2D eigenvalue weighted by Crippen LogP contribution is 2.28. The van der Waals surface area contributed by atoms with Crippen LogP contribution >= 0.6 is 0 Å². The van der Waals surface area contributed by atoms with Crippen molar-refractivity contribution in [1.29, 1.82) is 0 Å². The second kappa shape index (κ2) is 7.20. The molecular formula is C16H20N6O3. The van der Waals surface area contributed by atoms with Crippen LogP contribution in [0.5, 0.6) is 5.75 Å². The van der Waals surface area contributed by atoms with E-state index in [0.717, 1.165) is 5.69 Å². The SMILES string of the molecule is COc1ccccc1N1CCN(C(=O)CCc2nc(N)n[nH]2)CC1=O. The van der Waals surface area contributed by atoms with Gasteiger partial charge in [0, 0.05) is 25.9 Å². The summed E-state index contributed by atoms with van der Waals surface area (Å²) in [7, 11) is 1.57. The Morgan fingerprint density at radius 1 is 1.36 bits per heavy atom. The van der Waals surface area contributed by atoms with Gasteiger partial charge in [-0.3, -0.25) is 14.7 Å². The first-order valence-corrected chi connectivity index (χ1v) is 7.96. The molecule has 25 heavy (non-hydrogen) atoms. The summed E-state index contributed by atoms with van der Waals surface area (Å²) in [6, 6.07) is 7.35. The number of H-pyrrole nitrogens is 1. The first kappa shape index (κ1) is 16.7. The van der Waals surface area contributed by atoms with Crippen LogP contribution in [0.25, 0.3) is 0 Å². The van der Waals surface area contributed by atoms with Crippen LogP contribution < -0.4 is 15.4 Å². The van der Waals surface area contributed by atoms with Crippen molar-refractivity contribution in [1.82, 2.24) is 20.1 Å². The summed E-state index contributed by atoms with van der Waals surface area (Å²) in [4.78, 5) is 32.0. The van der Waals surface area contributed by atoms with E-state index in [9.17, 15) is 9.59 Å². The summed E-state index contributed by atoms with van der Waals surface area (Å²) in [5.74, 6) is 1.13.